The highest BCUT2D eigenvalue weighted by Crippen LogP contribution is 2.29. The minimum atomic E-state index is -0.605. The first kappa shape index (κ1) is 10.7. The van der Waals surface area contributed by atoms with Crippen LogP contribution in [0.5, 0.6) is 0 Å². The fraction of sp³-hybridized carbons (Fsp3) is 0. The second-order valence-corrected chi connectivity index (χ2v) is 3.17. The molecule has 7 heteroatoms. The Morgan fingerprint density at radius 2 is 2.07 bits per heavy atom. The molecule has 1 aromatic carbocycles. The van der Waals surface area contributed by atoms with Crippen molar-refractivity contribution in [3.63, 3.8) is 0 Å². The molecule has 5 nitrogen and oxygen atoms in total. The fourth-order valence-corrected chi connectivity index (χ4v) is 1.37. The molecule has 0 saturated heterocycles. The summed E-state index contributed by atoms with van der Waals surface area (Å²) in [6.07, 6.45) is 1.21. The van der Waals surface area contributed by atoms with Crippen molar-refractivity contribution in [2.75, 3.05) is 0 Å². The maximum Gasteiger partial charge on any atom is 0.288 e. The zero-order valence-electron chi connectivity index (χ0n) is 6.78. The van der Waals surface area contributed by atoms with E-state index in [9.17, 15) is 10.1 Å². The van der Waals surface area contributed by atoms with Gasteiger partial charge in [0.05, 0.1) is 16.2 Å². The van der Waals surface area contributed by atoms with E-state index in [-0.39, 0.29) is 15.7 Å². The topological polar surface area (TPSA) is 81.5 Å². The lowest BCUT2D eigenvalue weighted by atomic mass is 10.2. The van der Waals surface area contributed by atoms with Crippen LogP contribution in [-0.4, -0.2) is 11.1 Å². The molecule has 0 spiro atoms. The summed E-state index contributed by atoms with van der Waals surface area (Å²) in [6.45, 7) is 0. The molecule has 1 rings (SSSR count). The summed E-state index contributed by atoms with van der Waals surface area (Å²) in [5, 5.41) is 14.0. The van der Waals surface area contributed by atoms with Crippen LogP contribution in [0.4, 0.5) is 5.69 Å². The molecule has 0 aromatic heterocycles. The lowest BCUT2D eigenvalue weighted by Gasteiger charge is -1.99. The summed E-state index contributed by atoms with van der Waals surface area (Å²) >= 11 is 11.3. The van der Waals surface area contributed by atoms with Gasteiger partial charge in [-0.25, -0.2) is 0 Å². The number of nitrogens with zero attached hydrogens (tertiary/aromatic N) is 2. The van der Waals surface area contributed by atoms with Gasteiger partial charge in [0.1, 0.15) is 5.02 Å². The number of nitro groups is 1. The van der Waals surface area contributed by atoms with Crippen LogP contribution in [0.1, 0.15) is 5.56 Å². The average molecular weight is 234 g/mol. The first-order valence-electron chi connectivity index (χ1n) is 3.43. The Labute approximate surface area is 89.3 Å². The van der Waals surface area contributed by atoms with E-state index in [1.54, 1.807) is 0 Å². The molecular weight excluding hydrogens is 229 g/mol. The molecule has 0 atom stereocenters. The average Bonchev–Trinajstić information content (AvgIpc) is 2.09. The number of hydrogen-bond donors (Lipinski definition) is 1. The molecule has 14 heavy (non-hydrogen) atoms. The molecule has 74 valence electrons. The number of hydrazone groups is 1. The van der Waals surface area contributed by atoms with Crippen molar-refractivity contribution in [2.24, 2.45) is 10.9 Å². The van der Waals surface area contributed by atoms with Gasteiger partial charge >= 0.3 is 0 Å². The zero-order valence-corrected chi connectivity index (χ0v) is 8.29. The van der Waals surface area contributed by atoms with Crippen LogP contribution in [-0.2, 0) is 0 Å². The smallest absolute Gasteiger partial charge is 0.288 e. The van der Waals surface area contributed by atoms with Gasteiger partial charge < -0.3 is 5.84 Å². The van der Waals surface area contributed by atoms with Crippen LogP contribution < -0.4 is 5.84 Å². The second kappa shape index (κ2) is 4.26. The Hall–Kier alpha value is -1.33. The van der Waals surface area contributed by atoms with Crippen molar-refractivity contribution in [1.82, 2.24) is 0 Å². The molecule has 0 bridgehead atoms. The van der Waals surface area contributed by atoms with Crippen LogP contribution in [0.15, 0.2) is 17.2 Å². The summed E-state index contributed by atoms with van der Waals surface area (Å²) in [4.78, 5) is 9.89. The molecule has 2 N–H and O–H groups in total. The maximum absolute atomic E-state index is 10.5. The first-order valence-corrected chi connectivity index (χ1v) is 4.18. The van der Waals surface area contributed by atoms with Crippen LogP contribution in [0, 0.1) is 10.1 Å². The quantitative estimate of drug-likeness (QED) is 0.368. The maximum atomic E-state index is 10.5. The van der Waals surface area contributed by atoms with Gasteiger partial charge in [-0.3, -0.25) is 10.1 Å². The van der Waals surface area contributed by atoms with Crippen molar-refractivity contribution in [3.8, 4) is 0 Å². The SMILES string of the molecule is NN=Cc1cc([N+](=O)[O-])c(Cl)cc1Cl. The second-order valence-electron chi connectivity index (χ2n) is 2.36. The summed E-state index contributed by atoms with van der Waals surface area (Å²) < 4.78 is 0. The van der Waals surface area contributed by atoms with E-state index in [0.717, 1.165) is 0 Å². The van der Waals surface area contributed by atoms with Crippen LogP contribution in [0.3, 0.4) is 0 Å². The minimum Gasteiger partial charge on any atom is -0.323 e. The predicted octanol–water partition coefficient (Wildman–Crippen LogP) is 2.19. The minimum absolute atomic E-state index is 0.0193. The lowest BCUT2D eigenvalue weighted by Crippen LogP contribution is -1.93. The standard InChI is InChI=1S/C7H5Cl2N3O2/c8-5-2-6(9)7(12(13)14)1-4(5)3-11-10/h1-3H,10H2. The third-order valence-electron chi connectivity index (χ3n) is 1.48. The number of rotatable bonds is 2. The third-order valence-corrected chi connectivity index (χ3v) is 2.11. The number of nitro benzene ring substituents is 1. The summed E-state index contributed by atoms with van der Waals surface area (Å²) in [6, 6.07) is 2.49. The number of benzene rings is 1. The van der Waals surface area contributed by atoms with Crippen molar-refractivity contribution in [2.45, 2.75) is 0 Å². The molecule has 1 aromatic rings. The van der Waals surface area contributed by atoms with Crippen molar-refractivity contribution >= 4 is 35.1 Å². The summed E-state index contributed by atoms with van der Waals surface area (Å²) in [5.41, 5.74) is 0.122. The molecule has 0 aliphatic rings. The molecule has 0 aliphatic carbocycles. The van der Waals surface area contributed by atoms with E-state index in [4.69, 9.17) is 29.0 Å². The Balaban J connectivity index is 3.34. The van der Waals surface area contributed by atoms with Gasteiger partial charge in [0.2, 0.25) is 0 Å². The van der Waals surface area contributed by atoms with E-state index in [1.165, 1.54) is 18.3 Å². The zero-order chi connectivity index (χ0) is 10.7. The van der Waals surface area contributed by atoms with Crippen molar-refractivity contribution < 1.29 is 4.92 Å². The van der Waals surface area contributed by atoms with Crippen molar-refractivity contribution in [1.29, 1.82) is 0 Å². The van der Waals surface area contributed by atoms with Gasteiger partial charge in [-0.15, -0.1) is 0 Å². The van der Waals surface area contributed by atoms with Gasteiger partial charge in [-0.2, -0.15) is 5.10 Å². The normalized spacial score (nSPS) is 10.7. The largest absolute Gasteiger partial charge is 0.323 e. The molecule has 0 saturated carbocycles. The number of hydrogen-bond acceptors (Lipinski definition) is 4. The van der Waals surface area contributed by atoms with E-state index in [1.807, 2.05) is 0 Å². The molecule has 0 unspecified atom stereocenters. The van der Waals surface area contributed by atoms with E-state index >= 15 is 0 Å². The lowest BCUT2D eigenvalue weighted by molar-refractivity contribution is -0.384. The first-order chi connectivity index (χ1) is 6.56. The van der Waals surface area contributed by atoms with Gasteiger partial charge in [0.15, 0.2) is 0 Å². The number of nitrogens with two attached hydrogens (primary N) is 1. The number of halogens is 2. The molecular formula is C7H5Cl2N3O2. The molecule has 0 heterocycles. The van der Waals surface area contributed by atoms with Gasteiger partial charge in [-0.05, 0) is 6.07 Å². The van der Waals surface area contributed by atoms with E-state index in [2.05, 4.69) is 5.10 Å². The molecule has 0 amide bonds. The fourth-order valence-electron chi connectivity index (χ4n) is 0.873. The highest BCUT2D eigenvalue weighted by atomic mass is 35.5. The highest BCUT2D eigenvalue weighted by molar-refractivity contribution is 6.37. The Bertz CT molecular complexity index is 406. The van der Waals surface area contributed by atoms with Crippen LogP contribution >= 0.6 is 23.2 Å². The van der Waals surface area contributed by atoms with Crippen LogP contribution in [0.2, 0.25) is 10.0 Å². The van der Waals surface area contributed by atoms with Gasteiger partial charge in [0, 0.05) is 11.6 Å². The highest BCUT2D eigenvalue weighted by Gasteiger charge is 2.14. The van der Waals surface area contributed by atoms with Gasteiger partial charge in [0.25, 0.3) is 5.69 Å². The molecule has 0 radical (unpaired) electrons. The van der Waals surface area contributed by atoms with Crippen molar-refractivity contribution in [3.05, 3.63) is 37.9 Å². The van der Waals surface area contributed by atoms with E-state index < -0.39 is 4.92 Å². The Morgan fingerprint density at radius 3 is 2.57 bits per heavy atom. The van der Waals surface area contributed by atoms with Gasteiger partial charge in [-0.1, -0.05) is 23.2 Å². The Morgan fingerprint density at radius 1 is 1.43 bits per heavy atom. The van der Waals surface area contributed by atoms with E-state index in [0.29, 0.717) is 5.56 Å². The Kier molecular flexibility index (Phi) is 3.27. The monoisotopic (exact) mass is 233 g/mol. The summed E-state index contributed by atoms with van der Waals surface area (Å²) in [7, 11) is 0. The third kappa shape index (κ3) is 2.12. The summed E-state index contributed by atoms with van der Waals surface area (Å²) in [5.74, 6) is 4.90. The molecule has 0 fully saturated rings. The predicted molar refractivity (Wildman–Crippen MR) is 54.9 cm³/mol. The van der Waals surface area contributed by atoms with Crippen LogP contribution in [0.25, 0.3) is 0 Å². The molecule has 0 aliphatic heterocycles.